The predicted octanol–water partition coefficient (Wildman–Crippen LogP) is 3.58. The predicted molar refractivity (Wildman–Crippen MR) is 98.4 cm³/mol. The van der Waals surface area contributed by atoms with Crippen molar-refractivity contribution >= 4 is 29.2 Å². The molecule has 3 rings (SSSR count). The van der Waals surface area contributed by atoms with Gasteiger partial charge >= 0.3 is 0 Å². The molecule has 0 spiro atoms. The molecule has 0 aliphatic carbocycles. The van der Waals surface area contributed by atoms with E-state index in [1.807, 2.05) is 6.07 Å². The number of carbonyl (C=O) groups excluding carboxylic acids is 1. The van der Waals surface area contributed by atoms with Crippen LogP contribution in [0.25, 0.3) is 0 Å². The van der Waals surface area contributed by atoms with Crippen LogP contribution in [-0.4, -0.2) is 34.7 Å². The van der Waals surface area contributed by atoms with Crippen molar-refractivity contribution in [2.45, 2.75) is 24.8 Å². The number of thioether (sulfide) groups is 1. The van der Waals surface area contributed by atoms with Gasteiger partial charge in [0.1, 0.15) is 23.0 Å². The number of anilines is 2. The Morgan fingerprint density at radius 3 is 2.72 bits per heavy atom. The zero-order valence-electron chi connectivity index (χ0n) is 14.1. The summed E-state index contributed by atoms with van der Waals surface area (Å²) in [5.41, 5.74) is 0.581. The van der Waals surface area contributed by atoms with Crippen LogP contribution in [0.2, 0.25) is 0 Å². The zero-order chi connectivity index (χ0) is 17.6. The Bertz CT molecular complexity index is 717. The molecular weight excluding hydrogens is 339 g/mol. The fourth-order valence-corrected chi connectivity index (χ4v) is 3.35. The van der Waals surface area contributed by atoms with E-state index in [4.69, 9.17) is 0 Å². The summed E-state index contributed by atoms with van der Waals surface area (Å²) in [6.45, 7) is 4.29. The van der Waals surface area contributed by atoms with Gasteiger partial charge in [-0.1, -0.05) is 18.7 Å². The number of piperidine rings is 1. The van der Waals surface area contributed by atoms with Crippen LogP contribution in [0.15, 0.2) is 41.7 Å². The Balaban J connectivity index is 1.53. The topological polar surface area (TPSA) is 58.1 Å². The van der Waals surface area contributed by atoms with Gasteiger partial charge in [-0.3, -0.25) is 4.79 Å². The van der Waals surface area contributed by atoms with Crippen molar-refractivity contribution in [1.29, 1.82) is 0 Å². The maximum Gasteiger partial charge on any atom is 0.234 e. The first kappa shape index (κ1) is 17.7. The number of nitrogens with zero attached hydrogens (tertiary/aromatic N) is 3. The summed E-state index contributed by atoms with van der Waals surface area (Å²) in [4.78, 5) is 22.9. The third-order valence-electron chi connectivity index (χ3n) is 4.21. The lowest BCUT2D eigenvalue weighted by molar-refractivity contribution is -0.113. The molecule has 1 fully saturated rings. The maximum absolute atomic E-state index is 12.9. The van der Waals surface area contributed by atoms with E-state index in [1.54, 1.807) is 6.33 Å². The number of hydrogen-bond donors (Lipinski definition) is 1. The summed E-state index contributed by atoms with van der Waals surface area (Å²) in [6, 6.07) is 7.65. The Hall–Kier alpha value is -2.15. The first-order chi connectivity index (χ1) is 12.1. The number of halogens is 1. The molecule has 2 aromatic rings. The van der Waals surface area contributed by atoms with Crippen molar-refractivity contribution in [3.05, 3.63) is 42.5 Å². The van der Waals surface area contributed by atoms with Gasteiger partial charge in [-0.05, 0) is 43.0 Å². The molecule has 0 radical (unpaired) electrons. The van der Waals surface area contributed by atoms with Gasteiger partial charge in [0.2, 0.25) is 5.91 Å². The van der Waals surface area contributed by atoms with Crippen LogP contribution >= 0.6 is 11.8 Å². The minimum atomic E-state index is -0.326. The summed E-state index contributed by atoms with van der Waals surface area (Å²) in [7, 11) is 0. The second kappa shape index (κ2) is 8.29. The minimum Gasteiger partial charge on any atom is -0.356 e. The number of amides is 1. The molecule has 0 bridgehead atoms. The highest BCUT2D eigenvalue weighted by molar-refractivity contribution is 7.99. The molecule has 0 saturated carbocycles. The van der Waals surface area contributed by atoms with Crippen LogP contribution in [0.1, 0.15) is 19.8 Å². The molecular formula is C18H21FN4OS. The average molecular weight is 360 g/mol. The number of rotatable bonds is 5. The molecule has 1 N–H and O–H groups in total. The van der Waals surface area contributed by atoms with Crippen molar-refractivity contribution in [3.63, 3.8) is 0 Å². The highest BCUT2D eigenvalue weighted by Crippen LogP contribution is 2.24. The van der Waals surface area contributed by atoms with Crippen LogP contribution in [-0.2, 0) is 4.79 Å². The molecule has 1 aliphatic heterocycles. The zero-order valence-corrected chi connectivity index (χ0v) is 14.9. The molecule has 7 heteroatoms. The number of aromatic nitrogens is 2. The van der Waals surface area contributed by atoms with Crippen LogP contribution in [0.3, 0.4) is 0 Å². The molecule has 1 amide bonds. The van der Waals surface area contributed by atoms with E-state index in [1.165, 1.54) is 48.9 Å². The maximum atomic E-state index is 12.9. The van der Waals surface area contributed by atoms with Gasteiger partial charge in [-0.2, -0.15) is 0 Å². The van der Waals surface area contributed by atoms with E-state index in [-0.39, 0.29) is 17.5 Å². The summed E-state index contributed by atoms with van der Waals surface area (Å²) in [5, 5.41) is 3.52. The summed E-state index contributed by atoms with van der Waals surface area (Å²) in [5.74, 6) is 1.45. The number of hydrogen-bond acceptors (Lipinski definition) is 5. The van der Waals surface area contributed by atoms with Gasteiger partial charge in [0.05, 0.1) is 5.75 Å². The van der Waals surface area contributed by atoms with E-state index in [2.05, 4.69) is 27.1 Å². The minimum absolute atomic E-state index is 0.149. The average Bonchev–Trinajstić information content (AvgIpc) is 2.63. The van der Waals surface area contributed by atoms with Crippen molar-refractivity contribution in [1.82, 2.24) is 9.97 Å². The van der Waals surface area contributed by atoms with Crippen LogP contribution in [0.5, 0.6) is 0 Å². The molecule has 2 heterocycles. The molecule has 1 aromatic carbocycles. The van der Waals surface area contributed by atoms with E-state index in [0.29, 0.717) is 5.69 Å². The number of nitrogens with one attached hydrogen (secondary N) is 1. The monoisotopic (exact) mass is 360 g/mol. The molecule has 0 unspecified atom stereocenters. The molecule has 1 aromatic heterocycles. The summed E-state index contributed by atoms with van der Waals surface area (Å²) < 4.78 is 12.9. The van der Waals surface area contributed by atoms with Gasteiger partial charge in [-0.15, -0.1) is 0 Å². The van der Waals surface area contributed by atoms with Gasteiger partial charge < -0.3 is 10.2 Å². The highest BCUT2D eigenvalue weighted by atomic mass is 32.2. The fourth-order valence-electron chi connectivity index (χ4n) is 2.69. The second-order valence-corrected chi connectivity index (χ2v) is 7.22. The summed E-state index contributed by atoms with van der Waals surface area (Å²) >= 11 is 1.37. The first-order valence-corrected chi connectivity index (χ1v) is 9.34. The highest BCUT2D eigenvalue weighted by Gasteiger charge is 2.17. The SMILES string of the molecule is CC1CCN(c2cc(SCC(=O)Nc3ccc(F)cc3)ncn2)CC1. The van der Waals surface area contributed by atoms with Gasteiger partial charge in [-0.25, -0.2) is 14.4 Å². The van der Waals surface area contributed by atoms with Crippen molar-refractivity contribution in [2.24, 2.45) is 5.92 Å². The molecule has 25 heavy (non-hydrogen) atoms. The fraction of sp³-hybridized carbons (Fsp3) is 0.389. The van der Waals surface area contributed by atoms with Crippen LogP contribution < -0.4 is 10.2 Å². The quantitative estimate of drug-likeness (QED) is 0.652. The second-order valence-electron chi connectivity index (χ2n) is 6.23. The lowest BCUT2D eigenvalue weighted by Crippen LogP contribution is -2.33. The first-order valence-electron chi connectivity index (χ1n) is 8.35. The Labute approximate surface area is 151 Å². The van der Waals surface area contributed by atoms with E-state index >= 15 is 0 Å². The van der Waals surface area contributed by atoms with Gasteiger partial charge in [0, 0.05) is 24.8 Å². The molecule has 0 atom stereocenters. The number of carbonyl (C=O) groups is 1. The van der Waals surface area contributed by atoms with Crippen LogP contribution in [0.4, 0.5) is 15.9 Å². The van der Waals surface area contributed by atoms with Crippen molar-refractivity contribution < 1.29 is 9.18 Å². The van der Waals surface area contributed by atoms with Crippen molar-refractivity contribution in [3.8, 4) is 0 Å². The third kappa shape index (κ3) is 5.16. The third-order valence-corrected chi connectivity index (χ3v) is 5.14. The summed E-state index contributed by atoms with van der Waals surface area (Å²) in [6.07, 6.45) is 3.90. The normalized spacial score (nSPS) is 15.2. The number of benzene rings is 1. The Morgan fingerprint density at radius 2 is 2.00 bits per heavy atom. The van der Waals surface area contributed by atoms with E-state index in [0.717, 1.165) is 29.9 Å². The Kier molecular flexibility index (Phi) is 5.86. The molecule has 132 valence electrons. The van der Waals surface area contributed by atoms with Crippen molar-refractivity contribution in [2.75, 3.05) is 29.1 Å². The molecule has 1 saturated heterocycles. The van der Waals surface area contributed by atoms with Gasteiger partial charge in [0.15, 0.2) is 0 Å². The largest absolute Gasteiger partial charge is 0.356 e. The molecule has 5 nitrogen and oxygen atoms in total. The molecule has 1 aliphatic rings. The Morgan fingerprint density at radius 1 is 1.28 bits per heavy atom. The van der Waals surface area contributed by atoms with E-state index in [9.17, 15) is 9.18 Å². The smallest absolute Gasteiger partial charge is 0.234 e. The van der Waals surface area contributed by atoms with E-state index < -0.39 is 0 Å². The lowest BCUT2D eigenvalue weighted by atomic mass is 9.99. The lowest BCUT2D eigenvalue weighted by Gasteiger charge is -2.31. The van der Waals surface area contributed by atoms with Gasteiger partial charge in [0.25, 0.3) is 0 Å². The van der Waals surface area contributed by atoms with Crippen LogP contribution in [0, 0.1) is 11.7 Å². The standard InChI is InChI=1S/C18H21FN4OS/c1-13-6-8-23(9-7-13)16-10-18(21-12-20-16)25-11-17(24)22-15-4-2-14(19)3-5-15/h2-5,10,12-13H,6-9,11H2,1H3,(H,22,24).